The van der Waals surface area contributed by atoms with Gasteiger partial charge in [-0.15, -0.1) is 0 Å². The van der Waals surface area contributed by atoms with Crippen LogP contribution >= 0.6 is 12.2 Å². The summed E-state index contributed by atoms with van der Waals surface area (Å²) in [5.74, 6) is 0.0963. The topological polar surface area (TPSA) is 50.3 Å². The van der Waals surface area contributed by atoms with Gasteiger partial charge in [-0.25, -0.2) is 0 Å². The van der Waals surface area contributed by atoms with Crippen molar-refractivity contribution in [2.75, 3.05) is 26.3 Å². The second kappa shape index (κ2) is 4.80. The molecule has 1 aliphatic heterocycles. The summed E-state index contributed by atoms with van der Waals surface area (Å²) in [5.41, 5.74) is 0. The molecule has 1 atom stereocenters. The monoisotopic (exact) mass is 241 g/mol. The minimum atomic E-state index is -0.253. The SMILES string of the molecule is CC(C(=O)N1CCOCC1)n1cc[nH]c1=S. The van der Waals surface area contributed by atoms with Crippen molar-refractivity contribution in [3.05, 3.63) is 17.2 Å². The van der Waals surface area contributed by atoms with Crippen LogP contribution in [-0.2, 0) is 9.53 Å². The van der Waals surface area contributed by atoms with Gasteiger partial charge in [-0.2, -0.15) is 0 Å². The Labute approximate surface area is 99.0 Å². The molecular formula is C10H15N3O2S. The minimum Gasteiger partial charge on any atom is -0.378 e. The maximum absolute atomic E-state index is 12.1. The molecule has 2 rings (SSSR count). The van der Waals surface area contributed by atoms with E-state index in [1.165, 1.54) is 0 Å². The van der Waals surface area contributed by atoms with E-state index in [4.69, 9.17) is 17.0 Å². The lowest BCUT2D eigenvalue weighted by Gasteiger charge is -2.29. The Bertz CT molecular complexity index is 420. The Morgan fingerprint density at radius 1 is 1.56 bits per heavy atom. The number of imidazole rings is 1. The molecular weight excluding hydrogens is 226 g/mol. The number of ether oxygens (including phenoxy) is 1. The zero-order chi connectivity index (χ0) is 11.5. The predicted molar refractivity (Wildman–Crippen MR) is 61.7 cm³/mol. The largest absolute Gasteiger partial charge is 0.378 e. The third kappa shape index (κ3) is 2.17. The fourth-order valence-corrected chi connectivity index (χ4v) is 2.09. The van der Waals surface area contributed by atoms with Gasteiger partial charge in [0.1, 0.15) is 6.04 Å². The van der Waals surface area contributed by atoms with Crippen molar-refractivity contribution >= 4 is 18.1 Å². The number of aromatic nitrogens is 2. The van der Waals surface area contributed by atoms with Crippen molar-refractivity contribution < 1.29 is 9.53 Å². The molecule has 0 spiro atoms. The first kappa shape index (κ1) is 11.3. The molecule has 1 aromatic rings. The number of rotatable bonds is 2. The van der Waals surface area contributed by atoms with E-state index in [0.29, 0.717) is 31.1 Å². The number of nitrogens with zero attached hydrogens (tertiary/aromatic N) is 2. The molecule has 2 heterocycles. The summed E-state index contributed by atoms with van der Waals surface area (Å²) in [6, 6.07) is -0.253. The van der Waals surface area contributed by atoms with Gasteiger partial charge in [-0.3, -0.25) is 4.79 Å². The van der Waals surface area contributed by atoms with E-state index in [9.17, 15) is 4.79 Å². The van der Waals surface area contributed by atoms with Crippen LogP contribution in [0, 0.1) is 4.77 Å². The summed E-state index contributed by atoms with van der Waals surface area (Å²) in [7, 11) is 0. The van der Waals surface area contributed by atoms with Crippen LogP contribution in [0.15, 0.2) is 12.4 Å². The van der Waals surface area contributed by atoms with Gasteiger partial charge in [0.15, 0.2) is 4.77 Å². The quantitative estimate of drug-likeness (QED) is 0.785. The Balaban J connectivity index is 2.09. The van der Waals surface area contributed by atoms with E-state index >= 15 is 0 Å². The van der Waals surface area contributed by atoms with Gasteiger partial charge >= 0.3 is 0 Å². The van der Waals surface area contributed by atoms with Crippen molar-refractivity contribution in [3.63, 3.8) is 0 Å². The van der Waals surface area contributed by atoms with E-state index in [1.807, 2.05) is 11.8 Å². The highest BCUT2D eigenvalue weighted by molar-refractivity contribution is 7.71. The molecule has 1 N–H and O–H groups in total. The van der Waals surface area contributed by atoms with Gasteiger partial charge in [0.2, 0.25) is 5.91 Å². The molecule has 88 valence electrons. The van der Waals surface area contributed by atoms with Gasteiger partial charge in [0.25, 0.3) is 0 Å². The standard InChI is InChI=1S/C10H15N3O2S/c1-8(13-3-2-11-10(13)16)9(14)12-4-6-15-7-5-12/h2-3,8H,4-7H2,1H3,(H,11,16). The van der Waals surface area contributed by atoms with Gasteiger partial charge in [-0.1, -0.05) is 0 Å². The zero-order valence-electron chi connectivity index (χ0n) is 9.18. The number of nitrogens with one attached hydrogen (secondary N) is 1. The van der Waals surface area contributed by atoms with Crippen LogP contribution in [0.5, 0.6) is 0 Å². The van der Waals surface area contributed by atoms with E-state index < -0.39 is 0 Å². The highest BCUT2D eigenvalue weighted by Crippen LogP contribution is 2.11. The maximum Gasteiger partial charge on any atom is 0.245 e. The van der Waals surface area contributed by atoms with Crippen LogP contribution in [0.25, 0.3) is 0 Å². The van der Waals surface area contributed by atoms with Crippen LogP contribution in [-0.4, -0.2) is 46.7 Å². The molecule has 0 bridgehead atoms. The molecule has 0 radical (unpaired) electrons. The number of carbonyl (C=O) groups is 1. The van der Waals surface area contributed by atoms with Crippen LogP contribution in [0.2, 0.25) is 0 Å². The third-order valence-electron chi connectivity index (χ3n) is 2.77. The molecule has 0 aliphatic carbocycles. The molecule has 16 heavy (non-hydrogen) atoms. The summed E-state index contributed by atoms with van der Waals surface area (Å²) in [4.78, 5) is 16.9. The van der Waals surface area contributed by atoms with Crippen molar-refractivity contribution in [2.45, 2.75) is 13.0 Å². The average molecular weight is 241 g/mol. The summed E-state index contributed by atoms with van der Waals surface area (Å²) < 4.78 is 7.57. The van der Waals surface area contributed by atoms with Gasteiger partial charge in [0, 0.05) is 25.5 Å². The van der Waals surface area contributed by atoms with Gasteiger partial charge in [-0.05, 0) is 19.1 Å². The van der Waals surface area contributed by atoms with E-state index in [-0.39, 0.29) is 11.9 Å². The maximum atomic E-state index is 12.1. The Morgan fingerprint density at radius 3 is 2.81 bits per heavy atom. The van der Waals surface area contributed by atoms with E-state index in [0.717, 1.165) is 0 Å². The Morgan fingerprint density at radius 2 is 2.25 bits per heavy atom. The van der Waals surface area contributed by atoms with Crippen LogP contribution in [0.3, 0.4) is 0 Å². The lowest BCUT2D eigenvalue weighted by molar-refractivity contribution is -0.138. The number of aromatic amines is 1. The number of hydrogen-bond acceptors (Lipinski definition) is 3. The number of H-pyrrole nitrogens is 1. The zero-order valence-corrected chi connectivity index (χ0v) is 10.00. The fraction of sp³-hybridized carbons (Fsp3) is 0.600. The molecule has 1 saturated heterocycles. The molecule has 0 saturated carbocycles. The van der Waals surface area contributed by atoms with Crippen molar-refractivity contribution in [1.29, 1.82) is 0 Å². The van der Waals surface area contributed by atoms with Gasteiger partial charge in [0.05, 0.1) is 13.2 Å². The van der Waals surface area contributed by atoms with Crippen LogP contribution in [0.4, 0.5) is 0 Å². The molecule has 1 amide bonds. The number of carbonyl (C=O) groups excluding carboxylic acids is 1. The Kier molecular flexibility index (Phi) is 3.40. The normalized spacial score (nSPS) is 18.4. The highest BCUT2D eigenvalue weighted by Gasteiger charge is 2.23. The summed E-state index contributed by atoms with van der Waals surface area (Å²) >= 11 is 5.09. The molecule has 0 aromatic carbocycles. The third-order valence-corrected chi connectivity index (χ3v) is 3.10. The molecule has 1 aromatic heterocycles. The second-order valence-corrected chi connectivity index (χ2v) is 4.17. The Hall–Kier alpha value is -1.14. The van der Waals surface area contributed by atoms with Crippen molar-refractivity contribution in [1.82, 2.24) is 14.5 Å². The smallest absolute Gasteiger partial charge is 0.245 e. The number of hydrogen-bond donors (Lipinski definition) is 1. The fourth-order valence-electron chi connectivity index (χ4n) is 1.80. The first-order valence-electron chi connectivity index (χ1n) is 5.32. The second-order valence-electron chi connectivity index (χ2n) is 3.79. The molecule has 1 unspecified atom stereocenters. The van der Waals surface area contributed by atoms with Crippen molar-refractivity contribution in [3.8, 4) is 0 Å². The number of amides is 1. The molecule has 6 heteroatoms. The molecule has 1 fully saturated rings. The van der Waals surface area contributed by atoms with E-state index in [2.05, 4.69) is 4.98 Å². The molecule has 1 aliphatic rings. The highest BCUT2D eigenvalue weighted by atomic mass is 32.1. The summed E-state index contributed by atoms with van der Waals surface area (Å²) in [6.45, 7) is 4.44. The minimum absolute atomic E-state index is 0.0963. The van der Waals surface area contributed by atoms with E-state index in [1.54, 1.807) is 17.0 Å². The van der Waals surface area contributed by atoms with Gasteiger partial charge < -0.3 is 19.2 Å². The first-order chi connectivity index (χ1) is 7.70. The van der Waals surface area contributed by atoms with Crippen molar-refractivity contribution in [2.24, 2.45) is 0 Å². The lowest BCUT2D eigenvalue weighted by atomic mass is 10.2. The van der Waals surface area contributed by atoms with Crippen LogP contribution in [0.1, 0.15) is 13.0 Å². The average Bonchev–Trinajstić information content (AvgIpc) is 2.75. The number of morpholine rings is 1. The first-order valence-corrected chi connectivity index (χ1v) is 5.73. The summed E-state index contributed by atoms with van der Waals surface area (Å²) in [6.07, 6.45) is 3.54. The van der Waals surface area contributed by atoms with Crippen LogP contribution < -0.4 is 0 Å². The molecule has 5 nitrogen and oxygen atoms in total. The predicted octanol–water partition coefficient (Wildman–Crippen LogP) is 0.965. The summed E-state index contributed by atoms with van der Waals surface area (Å²) in [5, 5.41) is 0. The lowest BCUT2D eigenvalue weighted by Crippen LogP contribution is -2.43.